The molecule has 35 heavy (non-hydrogen) atoms. The third-order valence-electron chi connectivity index (χ3n) is 5.52. The number of aliphatic carboxylic acids is 2. The Balaban J connectivity index is 1.78. The van der Waals surface area contributed by atoms with Crippen LogP contribution in [0.15, 0.2) is 66.7 Å². The Morgan fingerprint density at radius 2 is 1.69 bits per heavy atom. The number of nitriles is 1. The summed E-state index contributed by atoms with van der Waals surface area (Å²) >= 11 is 0. The molecule has 0 fully saturated rings. The van der Waals surface area contributed by atoms with Gasteiger partial charge in [-0.2, -0.15) is 5.26 Å². The summed E-state index contributed by atoms with van der Waals surface area (Å²) in [6.07, 6.45) is 0.133. The molecular weight excluding hydrogens is 446 g/mol. The third-order valence-corrected chi connectivity index (χ3v) is 5.52. The van der Waals surface area contributed by atoms with Gasteiger partial charge in [-0.15, -0.1) is 0 Å². The molecule has 0 amide bonds. The second-order valence-electron chi connectivity index (χ2n) is 8.17. The predicted octanol–water partition coefficient (Wildman–Crippen LogP) is 5.45. The first kappa shape index (κ1) is 25.3. The number of hydrogen-bond acceptors (Lipinski definition) is 5. The molecule has 0 saturated carbocycles. The van der Waals surface area contributed by atoms with E-state index in [4.69, 9.17) is 14.6 Å². The highest BCUT2D eigenvalue weighted by molar-refractivity contribution is 5.67. The molecule has 7 heteroatoms. The van der Waals surface area contributed by atoms with Gasteiger partial charge in [-0.25, -0.2) is 0 Å². The van der Waals surface area contributed by atoms with Gasteiger partial charge in [0.1, 0.15) is 30.3 Å². The van der Waals surface area contributed by atoms with Crippen molar-refractivity contribution in [2.75, 3.05) is 0 Å². The number of carboxylic acids is 2. The SMILES string of the molecule is Cc1ccccc1C(CCC(=O)O)Oc1cc(OCc2cccc(CCC(=O)O)c2)ccc1C#N. The van der Waals surface area contributed by atoms with E-state index in [0.717, 1.165) is 22.3 Å². The van der Waals surface area contributed by atoms with Crippen molar-refractivity contribution in [1.29, 1.82) is 5.26 Å². The normalized spacial score (nSPS) is 11.3. The van der Waals surface area contributed by atoms with E-state index in [1.807, 2.05) is 55.5 Å². The van der Waals surface area contributed by atoms with E-state index in [2.05, 4.69) is 6.07 Å². The number of hydrogen-bond donors (Lipinski definition) is 2. The fraction of sp³-hybridized carbons (Fsp3) is 0.250. The van der Waals surface area contributed by atoms with Crippen LogP contribution in [0.25, 0.3) is 0 Å². The lowest BCUT2D eigenvalue weighted by molar-refractivity contribution is -0.138. The molecule has 0 saturated heterocycles. The molecular formula is C28H27NO6. The average Bonchev–Trinajstić information content (AvgIpc) is 2.84. The summed E-state index contributed by atoms with van der Waals surface area (Å²) in [5.41, 5.74) is 3.96. The van der Waals surface area contributed by atoms with Crippen LogP contribution in [0.3, 0.4) is 0 Å². The number of benzene rings is 3. The maximum absolute atomic E-state index is 11.2. The van der Waals surface area contributed by atoms with Gasteiger partial charge in [0.2, 0.25) is 0 Å². The molecule has 0 radical (unpaired) electrons. The Hall–Kier alpha value is -4.31. The van der Waals surface area contributed by atoms with E-state index in [-0.39, 0.29) is 25.9 Å². The predicted molar refractivity (Wildman–Crippen MR) is 129 cm³/mol. The average molecular weight is 474 g/mol. The molecule has 3 aromatic carbocycles. The van der Waals surface area contributed by atoms with Crippen molar-refractivity contribution >= 4 is 11.9 Å². The summed E-state index contributed by atoms with van der Waals surface area (Å²) in [7, 11) is 0. The Morgan fingerprint density at radius 3 is 2.40 bits per heavy atom. The zero-order valence-electron chi connectivity index (χ0n) is 19.4. The van der Waals surface area contributed by atoms with Crippen LogP contribution in [0.2, 0.25) is 0 Å². The van der Waals surface area contributed by atoms with E-state index in [1.165, 1.54) is 0 Å². The molecule has 2 N–H and O–H groups in total. The van der Waals surface area contributed by atoms with Gasteiger partial charge in [-0.3, -0.25) is 9.59 Å². The van der Waals surface area contributed by atoms with Gasteiger partial charge in [0.15, 0.2) is 0 Å². The molecule has 1 unspecified atom stereocenters. The Morgan fingerprint density at radius 1 is 0.943 bits per heavy atom. The van der Waals surface area contributed by atoms with Crippen LogP contribution in [-0.2, 0) is 22.6 Å². The first-order valence-corrected chi connectivity index (χ1v) is 11.3. The van der Waals surface area contributed by atoms with Crippen molar-refractivity contribution in [3.63, 3.8) is 0 Å². The topological polar surface area (TPSA) is 117 Å². The van der Waals surface area contributed by atoms with Gasteiger partial charge in [0.25, 0.3) is 0 Å². The summed E-state index contributed by atoms with van der Waals surface area (Å²) in [5.74, 6) is -0.949. The summed E-state index contributed by atoms with van der Waals surface area (Å²) in [6.45, 7) is 2.19. The lowest BCUT2D eigenvalue weighted by atomic mass is 9.99. The van der Waals surface area contributed by atoms with Crippen LogP contribution in [-0.4, -0.2) is 22.2 Å². The van der Waals surface area contributed by atoms with Crippen molar-refractivity contribution in [3.05, 3.63) is 94.5 Å². The van der Waals surface area contributed by atoms with Gasteiger partial charge in [-0.1, -0.05) is 48.5 Å². The number of ether oxygens (including phenoxy) is 2. The van der Waals surface area contributed by atoms with Gasteiger partial charge < -0.3 is 19.7 Å². The molecule has 0 bridgehead atoms. The van der Waals surface area contributed by atoms with Crippen LogP contribution < -0.4 is 9.47 Å². The second kappa shape index (κ2) is 12.2. The lowest BCUT2D eigenvalue weighted by Gasteiger charge is -2.22. The molecule has 0 heterocycles. The minimum Gasteiger partial charge on any atom is -0.489 e. The quantitative estimate of drug-likeness (QED) is 0.359. The minimum atomic E-state index is -0.921. The summed E-state index contributed by atoms with van der Waals surface area (Å²) in [5, 5.41) is 27.7. The highest BCUT2D eigenvalue weighted by Crippen LogP contribution is 2.33. The van der Waals surface area contributed by atoms with Crippen molar-refractivity contribution in [2.24, 2.45) is 0 Å². The van der Waals surface area contributed by atoms with E-state index in [9.17, 15) is 20.0 Å². The number of aryl methyl sites for hydroxylation is 2. The molecule has 3 aromatic rings. The molecule has 0 aliphatic heterocycles. The minimum absolute atomic E-state index is 0.0601. The fourth-order valence-electron chi connectivity index (χ4n) is 3.71. The monoisotopic (exact) mass is 473 g/mol. The van der Waals surface area contributed by atoms with Crippen LogP contribution >= 0.6 is 0 Å². The van der Waals surface area contributed by atoms with E-state index < -0.39 is 18.0 Å². The van der Waals surface area contributed by atoms with E-state index >= 15 is 0 Å². The van der Waals surface area contributed by atoms with Gasteiger partial charge >= 0.3 is 11.9 Å². The zero-order chi connectivity index (χ0) is 25.2. The second-order valence-corrected chi connectivity index (χ2v) is 8.17. The summed E-state index contributed by atoms with van der Waals surface area (Å²) in [6, 6.07) is 22.2. The molecule has 7 nitrogen and oxygen atoms in total. The highest BCUT2D eigenvalue weighted by Gasteiger charge is 2.19. The lowest BCUT2D eigenvalue weighted by Crippen LogP contribution is -2.12. The molecule has 0 aromatic heterocycles. The maximum Gasteiger partial charge on any atom is 0.303 e. The molecule has 0 aliphatic carbocycles. The number of carboxylic acid groups (broad SMARTS) is 2. The maximum atomic E-state index is 11.2. The van der Waals surface area contributed by atoms with Gasteiger partial charge in [0, 0.05) is 18.9 Å². The van der Waals surface area contributed by atoms with Gasteiger partial charge in [0.05, 0.1) is 5.56 Å². The number of rotatable bonds is 12. The van der Waals surface area contributed by atoms with E-state index in [1.54, 1.807) is 18.2 Å². The standard InChI is InChI=1S/C28H27NO6/c1-19-5-2-3-8-24(19)25(12-14-28(32)33)35-26-16-23(11-10-22(26)17-29)34-18-21-7-4-6-20(15-21)9-13-27(30)31/h2-8,10-11,15-16,25H,9,12-14,18H2,1H3,(H,30,31)(H,32,33). The van der Waals surface area contributed by atoms with Crippen molar-refractivity contribution in [3.8, 4) is 17.6 Å². The van der Waals surface area contributed by atoms with Crippen molar-refractivity contribution in [1.82, 2.24) is 0 Å². The van der Waals surface area contributed by atoms with Gasteiger partial charge in [-0.05, 0) is 54.2 Å². The van der Waals surface area contributed by atoms with Crippen molar-refractivity contribution < 1.29 is 29.3 Å². The Bertz CT molecular complexity index is 1230. The molecule has 3 rings (SSSR count). The third kappa shape index (κ3) is 7.61. The van der Waals surface area contributed by atoms with Crippen LogP contribution in [0, 0.1) is 18.3 Å². The highest BCUT2D eigenvalue weighted by atomic mass is 16.5. The fourth-order valence-corrected chi connectivity index (χ4v) is 3.71. The largest absolute Gasteiger partial charge is 0.489 e. The van der Waals surface area contributed by atoms with E-state index in [0.29, 0.717) is 23.5 Å². The summed E-state index contributed by atoms with van der Waals surface area (Å²) < 4.78 is 12.1. The number of nitrogens with zero attached hydrogens (tertiary/aromatic N) is 1. The van der Waals surface area contributed by atoms with Crippen LogP contribution in [0.4, 0.5) is 0 Å². The molecule has 0 aliphatic rings. The zero-order valence-corrected chi connectivity index (χ0v) is 19.4. The Kier molecular flexibility index (Phi) is 8.85. The Labute approximate surface area is 204 Å². The van der Waals surface area contributed by atoms with Crippen LogP contribution in [0.5, 0.6) is 11.5 Å². The van der Waals surface area contributed by atoms with Crippen molar-refractivity contribution in [2.45, 2.75) is 45.3 Å². The molecule has 180 valence electrons. The smallest absolute Gasteiger partial charge is 0.303 e. The first-order valence-electron chi connectivity index (χ1n) is 11.3. The number of carbonyl (C=O) groups is 2. The first-order chi connectivity index (χ1) is 16.9. The summed E-state index contributed by atoms with van der Waals surface area (Å²) in [4.78, 5) is 22.0. The van der Waals surface area contributed by atoms with Crippen LogP contribution in [0.1, 0.15) is 53.2 Å². The molecule has 1 atom stereocenters. The molecule has 0 spiro atoms.